The lowest BCUT2D eigenvalue weighted by Crippen LogP contribution is -2.13. The van der Waals surface area contributed by atoms with Crippen LogP contribution in [0.3, 0.4) is 0 Å². The zero-order valence-electron chi connectivity index (χ0n) is 10.5. The zero-order valence-corrected chi connectivity index (χ0v) is 10.5. The van der Waals surface area contributed by atoms with Gasteiger partial charge in [-0.3, -0.25) is 4.79 Å². The summed E-state index contributed by atoms with van der Waals surface area (Å²) in [6.07, 6.45) is 7.38. The molecule has 0 bridgehead atoms. The Kier molecular flexibility index (Phi) is 2.86. The van der Waals surface area contributed by atoms with E-state index in [2.05, 4.69) is 20.3 Å². The van der Waals surface area contributed by atoms with E-state index in [0.29, 0.717) is 16.9 Å². The molecule has 0 aliphatic heterocycles. The van der Waals surface area contributed by atoms with Gasteiger partial charge in [0, 0.05) is 30.9 Å². The summed E-state index contributed by atoms with van der Waals surface area (Å²) in [7, 11) is 0. The van der Waals surface area contributed by atoms with Crippen molar-refractivity contribution < 1.29 is 9.18 Å². The molecule has 3 heterocycles. The molecule has 0 aliphatic rings. The first-order valence-corrected chi connectivity index (χ1v) is 5.85. The fourth-order valence-electron chi connectivity index (χ4n) is 1.87. The Morgan fingerprint density at radius 2 is 2.05 bits per heavy atom. The number of pyridine rings is 1. The number of hydrogen-bond acceptors (Lipinski definition) is 4. The predicted octanol–water partition coefficient (Wildman–Crippen LogP) is 1.82. The Labute approximate surface area is 113 Å². The van der Waals surface area contributed by atoms with E-state index >= 15 is 0 Å². The van der Waals surface area contributed by atoms with Gasteiger partial charge in [-0.05, 0) is 6.92 Å². The molecule has 1 amide bonds. The van der Waals surface area contributed by atoms with Gasteiger partial charge in [0.2, 0.25) is 0 Å². The van der Waals surface area contributed by atoms with Crippen molar-refractivity contribution in [2.45, 2.75) is 6.92 Å². The van der Waals surface area contributed by atoms with Gasteiger partial charge in [-0.1, -0.05) is 0 Å². The maximum Gasteiger partial charge on any atom is 0.258 e. The topological polar surface area (TPSA) is 72.2 Å². The van der Waals surface area contributed by atoms with Crippen LogP contribution >= 0.6 is 0 Å². The molecule has 0 unspecified atom stereocenters. The number of nitrogens with one attached hydrogen (secondary N) is 1. The average molecular weight is 271 g/mol. The van der Waals surface area contributed by atoms with E-state index in [1.807, 2.05) is 0 Å². The first kappa shape index (κ1) is 12.2. The molecule has 0 saturated heterocycles. The maximum absolute atomic E-state index is 13.9. The van der Waals surface area contributed by atoms with Gasteiger partial charge in [-0.2, -0.15) is 0 Å². The molecule has 3 rings (SSSR count). The first-order valence-electron chi connectivity index (χ1n) is 5.85. The highest BCUT2D eigenvalue weighted by atomic mass is 19.1. The second-order valence-corrected chi connectivity index (χ2v) is 4.27. The summed E-state index contributed by atoms with van der Waals surface area (Å²) < 4.78 is 15.4. The van der Waals surface area contributed by atoms with Crippen LogP contribution < -0.4 is 5.32 Å². The van der Waals surface area contributed by atoms with E-state index in [4.69, 9.17) is 0 Å². The lowest BCUT2D eigenvalue weighted by molar-refractivity contribution is 0.102. The average Bonchev–Trinajstić information content (AvgIpc) is 2.81. The summed E-state index contributed by atoms with van der Waals surface area (Å²) in [6.45, 7) is 1.77. The van der Waals surface area contributed by atoms with Gasteiger partial charge in [0.05, 0.1) is 16.9 Å². The van der Waals surface area contributed by atoms with Gasteiger partial charge in [-0.25, -0.2) is 19.3 Å². The number of carbonyl (C=O) groups is 1. The molecule has 0 radical (unpaired) electrons. The number of fused-ring (bicyclic) bond motifs is 1. The summed E-state index contributed by atoms with van der Waals surface area (Å²) in [4.78, 5) is 23.5. The van der Waals surface area contributed by atoms with Crippen LogP contribution in [0.4, 0.5) is 10.1 Å². The second-order valence-electron chi connectivity index (χ2n) is 4.27. The summed E-state index contributed by atoms with van der Waals surface area (Å²) >= 11 is 0. The number of imidazole rings is 1. The highest BCUT2D eigenvalue weighted by molar-refractivity contribution is 6.03. The fraction of sp³-hybridized carbons (Fsp3) is 0.0769. The number of aryl methyl sites for hydroxylation is 1. The number of hydrogen-bond donors (Lipinski definition) is 1. The van der Waals surface area contributed by atoms with Crippen molar-refractivity contribution in [3.63, 3.8) is 0 Å². The van der Waals surface area contributed by atoms with Crippen LogP contribution in [0.15, 0.2) is 37.2 Å². The van der Waals surface area contributed by atoms with Crippen molar-refractivity contribution >= 4 is 17.2 Å². The molecule has 100 valence electrons. The third-order valence-electron chi connectivity index (χ3n) is 2.71. The van der Waals surface area contributed by atoms with Gasteiger partial charge in [0.1, 0.15) is 6.33 Å². The van der Waals surface area contributed by atoms with Crippen LogP contribution in [-0.4, -0.2) is 25.3 Å². The van der Waals surface area contributed by atoms with Crippen molar-refractivity contribution in [2.24, 2.45) is 0 Å². The number of nitrogens with zero attached hydrogens (tertiary/aromatic N) is 4. The van der Waals surface area contributed by atoms with Crippen LogP contribution in [0.2, 0.25) is 0 Å². The highest BCUT2D eigenvalue weighted by Gasteiger charge is 2.10. The maximum atomic E-state index is 13.9. The second kappa shape index (κ2) is 4.69. The largest absolute Gasteiger partial charge is 0.320 e. The van der Waals surface area contributed by atoms with E-state index < -0.39 is 11.7 Å². The van der Waals surface area contributed by atoms with Crippen LogP contribution in [0.1, 0.15) is 16.1 Å². The Morgan fingerprint density at radius 3 is 2.80 bits per heavy atom. The molecular weight excluding hydrogens is 261 g/mol. The minimum atomic E-state index is -0.500. The third kappa shape index (κ3) is 2.20. The van der Waals surface area contributed by atoms with E-state index in [0.717, 1.165) is 0 Å². The number of carbonyl (C=O) groups excluding carboxylic acids is 1. The summed E-state index contributed by atoms with van der Waals surface area (Å²) in [5.74, 6) is -0.901. The lowest BCUT2D eigenvalue weighted by Gasteiger charge is -2.06. The standard InChI is InChI=1S/C13H10FN5O/c1-8-5-19-6-10(2-11(14)12(19)17-8)18-13(20)9-3-15-7-16-4-9/h2-7H,1H3,(H,18,20). The van der Waals surface area contributed by atoms with Gasteiger partial charge < -0.3 is 9.72 Å². The van der Waals surface area contributed by atoms with Crippen LogP contribution in [0.25, 0.3) is 5.65 Å². The predicted molar refractivity (Wildman–Crippen MR) is 69.9 cm³/mol. The minimum Gasteiger partial charge on any atom is -0.320 e. The van der Waals surface area contributed by atoms with Crippen molar-refractivity contribution in [1.82, 2.24) is 19.4 Å². The molecular formula is C13H10FN5O. The number of amides is 1. The Bertz CT molecular complexity index is 784. The molecule has 0 fully saturated rings. The highest BCUT2D eigenvalue weighted by Crippen LogP contribution is 2.16. The fourth-order valence-corrected chi connectivity index (χ4v) is 1.87. The quantitative estimate of drug-likeness (QED) is 0.771. The van der Waals surface area contributed by atoms with Gasteiger partial charge in [0.25, 0.3) is 5.91 Å². The van der Waals surface area contributed by atoms with E-state index in [-0.39, 0.29) is 5.65 Å². The molecule has 3 aromatic heterocycles. The minimum absolute atomic E-state index is 0.226. The number of halogens is 1. The van der Waals surface area contributed by atoms with Gasteiger partial charge in [-0.15, -0.1) is 0 Å². The first-order chi connectivity index (χ1) is 9.63. The van der Waals surface area contributed by atoms with Crippen LogP contribution in [-0.2, 0) is 0 Å². The Morgan fingerprint density at radius 1 is 1.30 bits per heavy atom. The van der Waals surface area contributed by atoms with E-state index in [9.17, 15) is 9.18 Å². The molecule has 0 aliphatic carbocycles. The molecule has 0 aromatic carbocycles. The summed E-state index contributed by atoms with van der Waals surface area (Å²) in [5.41, 5.74) is 1.56. The monoisotopic (exact) mass is 271 g/mol. The number of aromatic nitrogens is 4. The van der Waals surface area contributed by atoms with Crippen molar-refractivity contribution in [3.8, 4) is 0 Å². The molecule has 0 atom stereocenters. The SMILES string of the molecule is Cc1cn2cc(NC(=O)c3cncnc3)cc(F)c2n1. The third-order valence-corrected chi connectivity index (χ3v) is 2.71. The van der Waals surface area contributed by atoms with Crippen LogP contribution in [0, 0.1) is 12.7 Å². The van der Waals surface area contributed by atoms with E-state index in [1.54, 1.807) is 19.3 Å². The molecule has 1 N–H and O–H groups in total. The number of rotatable bonds is 2. The Hall–Kier alpha value is -2.83. The summed E-state index contributed by atoms with van der Waals surface area (Å²) in [5, 5.41) is 2.59. The van der Waals surface area contributed by atoms with Crippen molar-refractivity contribution in [1.29, 1.82) is 0 Å². The molecule has 7 heteroatoms. The van der Waals surface area contributed by atoms with E-state index in [1.165, 1.54) is 29.2 Å². The van der Waals surface area contributed by atoms with Crippen LogP contribution in [0.5, 0.6) is 0 Å². The number of anilines is 1. The lowest BCUT2D eigenvalue weighted by atomic mass is 10.3. The van der Waals surface area contributed by atoms with Crippen molar-refractivity contribution in [3.05, 3.63) is 54.3 Å². The molecule has 0 spiro atoms. The smallest absolute Gasteiger partial charge is 0.258 e. The Balaban J connectivity index is 1.93. The summed E-state index contributed by atoms with van der Waals surface area (Å²) in [6, 6.07) is 1.23. The zero-order chi connectivity index (χ0) is 14.1. The molecule has 3 aromatic rings. The molecule has 0 saturated carbocycles. The molecule has 6 nitrogen and oxygen atoms in total. The van der Waals surface area contributed by atoms with Gasteiger partial charge in [0.15, 0.2) is 11.5 Å². The van der Waals surface area contributed by atoms with Gasteiger partial charge >= 0.3 is 0 Å². The molecule has 20 heavy (non-hydrogen) atoms. The normalized spacial score (nSPS) is 10.7. The van der Waals surface area contributed by atoms with Crippen molar-refractivity contribution in [2.75, 3.05) is 5.32 Å².